The van der Waals surface area contributed by atoms with Gasteiger partial charge in [0.25, 0.3) is 11.8 Å². The number of aliphatic hydroxyl groups is 2. The van der Waals surface area contributed by atoms with Crippen molar-refractivity contribution in [3.63, 3.8) is 0 Å². The molecule has 0 aliphatic carbocycles. The monoisotopic (exact) mass is 1080 g/mol. The highest BCUT2D eigenvalue weighted by molar-refractivity contribution is 6.00. The van der Waals surface area contributed by atoms with Crippen LogP contribution < -0.4 is 58.3 Å². The summed E-state index contributed by atoms with van der Waals surface area (Å²) in [6, 6.07) is 13.5. The van der Waals surface area contributed by atoms with E-state index in [9.17, 15) is 48.9 Å². The number of amides is 7. The Labute approximate surface area is 453 Å². The van der Waals surface area contributed by atoms with Crippen molar-refractivity contribution in [3.05, 3.63) is 83.9 Å². The fraction of sp³-hybridized carbons (Fsp3) is 0.519. The second kappa shape index (κ2) is 27.1. The first-order chi connectivity index (χ1) is 37.4. The number of aromatic hydroxyl groups is 1. The molecule has 78 heavy (non-hydrogen) atoms. The summed E-state index contributed by atoms with van der Waals surface area (Å²) in [7, 11) is 0. The smallest absolute Gasteiger partial charge is 0.260 e. The molecule has 24 heteroatoms. The third kappa shape index (κ3) is 15.3. The second-order valence-electron chi connectivity index (χ2n) is 20.4. The number of fused-ring (bicyclic) bond motifs is 2. The zero-order valence-electron chi connectivity index (χ0n) is 44.2. The Morgan fingerprint density at radius 3 is 2.04 bits per heavy atom. The number of piperazine rings is 1. The Hall–Kier alpha value is -7.70. The van der Waals surface area contributed by atoms with Crippen LogP contribution in [0.5, 0.6) is 11.5 Å². The van der Waals surface area contributed by atoms with Crippen molar-refractivity contribution in [1.29, 1.82) is 0 Å². The van der Waals surface area contributed by atoms with Gasteiger partial charge in [-0.1, -0.05) is 31.9 Å². The Bertz CT molecular complexity index is 2590. The van der Waals surface area contributed by atoms with Crippen LogP contribution in [0.1, 0.15) is 81.1 Å². The number of guanidine groups is 1. The molecule has 0 bridgehead atoms. The fourth-order valence-electron chi connectivity index (χ4n) is 10.2. The van der Waals surface area contributed by atoms with Crippen LogP contribution in [0.2, 0.25) is 0 Å². The van der Waals surface area contributed by atoms with E-state index in [1.165, 1.54) is 19.1 Å². The van der Waals surface area contributed by atoms with Crippen LogP contribution in [0.15, 0.2) is 77.8 Å². The van der Waals surface area contributed by atoms with Gasteiger partial charge in [0.05, 0.1) is 24.9 Å². The number of anilines is 2. The van der Waals surface area contributed by atoms with Gasteiger partial charge in [0, 0.05) is 75.6 Å². The van der Waals surface area contributed by atoms with E-state index >= 15 is 0 Å². The van der Waals surface area contributed by atoms with Crippen LogP contribution in [0, 0.1) is 0 Å². The van der Waals surface area contributed by atoms with Gasteiger partial charge >= 0.3 is 0 Å². The molecule has 4 fully saturated rings. The first-order valence-electron chi connectivity index (χ1n) is 26.8. The molecule has 7 rings (SSSR count). The number of nitrogens with two attached hydrogens (primary N) is 3. The molecule has 24 nitrogen and oxygen atoms in total. The van der Waals surface area contributed by atoms with Crippen molar-refractivity contribution in [1.82, 2.24) is 36.4 Å². The number of hydrogen-bond acceptors (Lipinski definition) is 15. The maximum absolute atomic E-state index is 14.4. The third-order valence-corrected chi connectivity index (χ3v) is 14.5. The Kier molecular flexibility index (Phi) is 20.1. The average molecular weight is 1080 g/mol. The first kappa shape index (κ1) is 58.0. The molecule has 3 aromatic carbocycles. The van der Waals surface area contributed by atoms with Crippen molar-refractivity contribution >= 4 is 58.7 Å². The highest BCUT2D eigenvalue weighted by Gasteiger charge is 2.45. The summed E-state index contributed by atoms with van der Waals surface area (Å²) in [6.45, 7) is 6.53. The number of carbonyl (C=O) groups excluding carboxylic acids is 7. The van der Waals surface area contributed by atoms with Crippen molar-refractivity contribution in [2.24, 2.45) is 22.2 Å². The molecule has 0 radical (unpaired) electrons. The fourth-order valence-corrected chi connectivity index (χ4v) is 10.2. The summed E-state index contributed by atoms with van der Waals surface area (Å²) in [6.07, 6.45) is -1.39. The summed E-state index contributed by atoms with van der Waals surface area (Å²) in [5.74, 6) is -5.07. The molecule has 0 unspecified atom stereocenters. The summed E-state index contributed by atoms with van der Waals surface area (Å²) in [5, 5.41) is 45.0. The third-order valence-electron chi connectivity index (χ3n) is 14.5. The topological polar surface area (TPSA) is 353 Å². The number of phenolic OH excluding ortho intramolecular Hbond substituents is 1. The zero-order chi connectivity index (χ0) is 56.0. The van der Waals surface area contributed by atoms with Gasteiger partial charge in [0.2, 0.25) is 29.5 Å². The van der Waals surface area contributed by atoms with E-state index in [0.717, 1.165) is 72.4 Å². The molecule has 0 spiro atoms. The Balaban J connectivity index is 1.08. The number of phenols is 1. The minimum absolute atomic E-state index is 0.00406. The standard InChI is InChI=1S/C54H75N13O11/c1-3-4-5-27-78-40-19-15-37(16-20-40)65-25-23-64(24-26-65)36-13-11-34(12-14-36)47(71)60-41-7-6-22-58-50(74)43-28-35(59-54(56)57)30-66(43)53(77)46(55)63-49(73)42(21-10-33-8-17-38(69)18-9-33)61-51(75)44-29-39(70)31-67(44)52(76)45(32(2)68)62-48(41)72/h8-9,11-20,32,35,39,41-46,68-70H,3-7,10,21-31,55H2,1-2H3,(H,58,74)(H,60,71)(H,61,75)(H,62,72)(H,63,73)(H4,56,57,59)/t32-,35+,39-,41+,42+,43+,44+,45+,46-/m1/s1. The van der Waals surface area contributed by atoms with Crippen LogP contribution in [0.25, 0.3) is 0 Å². The quantitative estimate of drug-likeness (QED) is 0.0518. The van der Waals surface area contributed by atoms with E-state index in [-0.39, 0.29) is 75.4 Å². The minimum Gasteiger partial charge on any atom is -0.508 e. The summed E-state index contributed by atoms with van der Waals surface area (Å²) < 4.78 is 5.88. The van der Waals surface area contributed by atoms with Gasteiger partial charge < -0.3 is 83.4 Å². The largest absolute Gasteiger partial charge is 0.508 e. The van der Waals surface area contributed by atoms with Gasteiger partial charge in [-0.3, -0.25) is 33.6 Å². The molecule has 14 N–H and O–H groups in total. The van der Waals surface area contributed by atoms with Gasteiger partial charge in [-0.2, -0.15) is 0 Å². The number of ether oxygens (including phenoxy) is 1. The van der Waals surface area contributed by atoms with Crippen LogP contribution in [0.3, 0.4) is 0 Å². The number of aliphatic imine (C=N–C) groups is 1. The number of carbonyl (C=O) groups is 7. The van der Waals surface area contributed by atoms with E-state index in [2.05, 4.69) is 60.4 Å². The number of rotatable bonds is 14. The van der Waals surface area contributed by atoms with Crippen molar-refractivity contribution in [3.8, 4) is 11.5 Å². The highest BCUT2D eigenvalue weighted by Crippen LogP contribution is 2.26. The van der Waals surface area contributed by atoms with Crippen molar-refractivity contribution < 1.29 is 53.6 Å². The minimum atomic E-state index is -1.73. The van der Waals surface area contributed by atoms with Crippen LogP contribution in [0.4, 0.5) is 11.4 Å². The molecule has 4 heterocycles. The van der Waals surface area contributed by atoms with E-state index in [4.69, 9.17) is 21.9 Å². The lowest BCUT2D eigenvalue weighted by Crippen LogP contribution is -2.61. The molecule has 0 saturated carbocycles. The van der Waals surface area contributed by atoms with Crippen molar-refractivity contribution in [2.75, 3.05) is 62.2 Å². The van der Waals surface area contributed by atoms with Gasteiger partial charge in [-0.15, -0.1) is 0 Å². The average Bonchev–Trinajstić information content (AvgIpc) is 4.09. The molecule has 7 amide bonds. The number of nitrogens with zero attached hydrogens (tertiary/aromatic N) is 5. The number of aliphatic hydroxyl groups excluding tert-OH is 2. The van der Waals surface area contributed by atoms with Crippen LogP contribution in [-0.4, -0.2) is 179 Å². The molecule has 9 atom stereocenters. The van der Waals surface area contributed by atoms with Crippen LogP contribution in [-0.2, 0) is 35.2 Å². The van der Waals surface area contributed by atoms with Gasteiger partial charge in [0.15, 0.2) is 12.1 Å². The van der Waals surface area contributed by atoms with E-state index < -0.39 is 96.0 Å². The zero-order valence-corrected chi connectivity index (χ0v) is 44.2. The van der Waals surface area contributed by atoms with E-state index in [0.29, 0.717) is 12.2 Å². The highest BCUT2D eigenvalue weighted by atomic mass is 16.5. The first-order valence-corrected chi connectivity index (χ1v) is 26.8. The maximum Gasteiger partial charge on any atom is 0.260 e. The lowest BCUT2D eigenvalue weighted by molar-refractivity contribution is -0.145. The van der Waals surface area contributed by atoms with Gasteiger partial charge in [-0.25, -0.2) is 4.99 Å². The lowest BCUT2D eigenvalue weighted by atomic mass is 10.0. The SMILES string of the molecule is CCCCCOc1ccc(N2CCN(c3ccc(C(=O)N[C@H]4CCCNC(=O)[C@@H]5C[C@H](N=C(N)N)CN5C(=O)[C@H](N)NC(=O)[C@H](CCc5ccc(O)cc5)NC(=O)[C@@H]5C[C@@H](O)CN5C(=O)[C@H]([C@@H](C)O)NC4=O)cc3)CC2)cc1. The predicted molar refractivity (Wildman–Crippen MR) is 290 cm³/mol. The molecule has 4 aliphatic rings. The summed E-state index contributed by atoms with van der Waals surface area (Å²) in [5.41, 5.74) is 20.6. The molecule has 3 aromatic rings. The number of unbranched alkanes of at least 4 members (excludes halogenated alkanes) is 2. The second-order valence-corrected chi connectivity index (χ2v) is 20.4. The Morgan fingerprint density at radius 1 is 0.782 bits per heavy atom. The molecular weight excluding hydrogens is 1010 g/mol. The summed E-state index contributed by atoms with van der Waals surface area (Å²) >= 11 is 0. The van der Waals surface area contributed by atoms with Crippen molar-refractivity contribution in [2.45, 2.75) is 126 Å². The lowest BCUT2D eigenvalue weighted by Gasteiger charge is -2.37. The van der Waals surface area contributed by atoms with E-state index in [1.54, 1.807) is 24.3 Å². The molecule has 0 aromatic heterocycles. The van der Waals surface area contributed by atoms with Crippen LogP contribution >= 0.6 is 0 Å². The summed E-state index contributed by atoms with van der Waals surface area (Å²) in [4.78, 5) is 110. The maximum atomic E-state index is 14.4. The number of aryl methyl sites for hydroxylation is 1. The van der Waals surface area contributed by atoms with Gasteiger partial charge in [-0.05, 0) is 105 Å². The molecule has 4 aliphatic heterocycles. The molecule has 422 valence electrons. The molecule has 4 saturated heterocycles. The predicted octanol–water partition coefficient (Wildman–Crippen LogP) is -1.11. The number of nitrogens with one attached hydrogen (secondary N) is 5. The van der Waals surface area contributed by atoms with E-state index in [1.807, 2.05) is 24.3 Å². The number of hydrogen-bond donors (Lipinski definition) is 11. The number of benzene rings is 3. The Morgan fingerprint density at radius 2 is 1.41 bits per heavy atom. The molecular formula is C54H75N13O11. The normalized spacial score (nSPS) is 25.3. The van der Waals surface area contributed by atoms with Gasteiger partial charge in [0.1, 0.15) is 41.7 Å².